The Labute approximate surface area is 222 Å². The highest BCUT2D eigenvalue weighted by molar-refractivity contribution is 6.17. The number of carbonyl (C=O) groups is 3. The predicted octanol–water partition coefficient (Wildman–Crippen LogP) is 5.28. The lowest BCUT2D eigenvalue weighted by Gasteiger charge is -2.38. The summed E-state index contributed by atoms with van der Waals surface area (Å²) in [6.45, 7) is 5.62. The van der Waals surface area contributed by atoms with Gasteiger partial charge in [0.2, 0.25) is 5.91 Å². The van der Waals surface area contributed by atoms with Gasteiger partial charge in [-0.2, -0.15) is 0 Å². The molecule has 1 spiro atoms. The monoisotopic (exact) mass is 506 g/mol. The van der Waals surface area contributed by atoms with Gasteiger partial charge < -0.3 is 15.0 Å². The minimum atomic E-state index is -1.30. The van der Waals surface area contributed by atoms with Crippen LogP contribution in [0.25, 0.3) is 6.08 Å². The number of anilines is 2. The highest BCUT2D eigenvalue weighted by atomic mass is 16.5. The van der Waals surface area contributed by atoms with Crippen LogP contribution in [0.1, 0.15) is 42.3 Å². The number of carbonyl (C=O) groups excluding carboxylic acids is 3. The van der Waals surface area contributed by atoms with Crippen molar-refractivity contribution in [2.24, 2.45) is 11.3 Å². The van der Waals surface area contributed by atoms with E-state index in [1.807, 2.05) is 86.4 Å². The van der Waals surface area contributed by atoms with Crippen molar-refractivity contribution in [1.82, 2.24) is 0 Å². The third-order valence-electron chi connectivity index (χ3n) is 8.19. The molecule has 0 unspecified atom stereocenters. The molecule has 3 aromatic rings. The number of Topliss-reactive ketones (excluding diaryl/α,β-unsaturated/α-hetero) is 2. The number of hydrogen-bond acceptors (Lipinski definition) is 5. The van der Waals surface area contributed by atoms with E-state index >= 15 is 0 Å². The van der Waals surface area contributed by atoms with Crippen LogP contribution >= 0.6 is 0 Å². The first-order chi connectivity index (χ1) is 18.2. The van der Waals surface area contributed by atoms with Crippen molar-refractivity contribution in [3.8, 4) is 5.75 Å². The van der Waals surface area contributed by atoms with Crippen molar-refractivity contribution in [2.45, 2.75) is 38.3 Å². The Bertz CT molecular complexity index is 1520. The molecule has 3 heterocycles. The number of rotatable bonds is 4. The Kier molecular flexibility index (Phi) is 5.35. The molecule has 4 atom stereocenters. The zero-order chi connectivity index (χ0) is 26.8. The summed E-state index contributed by atoms with van der Waals surface area (Å²) in [5.41, 5.74) is 1.58. The molecular formula is C32H30N2O4. The maximum atomic E-state index is 14.7. The van der Waals surface area contributed by atoms with Gasteiger partial charge in [0, 0.05) is 22.4 Å². The molecule has 1 N–H and O–H groups in total. The first kappa shape index (κ1) is 24.2. The van der Waals surface area contributed by atoms with Crippen molar-refractivity contribution >= 4 is 34.9 Å². The van der Waals surface area contributed by atoms with E-state index in [2.05, 4.69) is 5.32 Å². The first-order valence-electron chi connectivity index (χ1n) is 12.9. The highest BCUT2D eigenvalue weighted by Crippen LogP contribution is 2.58. The van der Waals surface area contributed by atoms with Crippen LogP contribution in [0.5, 0.6) is 5.75 Å². The molecule has 0 aliphatic carbocycles. The second-order valence-corrected chi connectivity index (χ2v) is 11.3. The quantitative estimate of drug-likeness (QED) is 0.487. The molecule has 1 amide bonds. The number of para-hydroxylation sites is 2. The van der Waals surface area contributed by atoms with Gasteiger partial charge in [0.25, 0.3) is 0 Å². The summed E-state index contributed by atoms with van der Waals surface area (Å²) >= 11 is 0. The van der Waals surface area contributed by atoms with E-state index in [4.69, 9.17) is 4.74 Å². The minimum absolute atomic E-state index is 0.0806. The standard InChI is InChI=1S/C32H30N2O4/c1-31(2,3)29(36)27-26(28(35)20-11-9-12-21(18-20)38-4)32(22-13-6-7-14-23(22)33-30(32)37)25-17-16-19-10-5-8-15-24(19)34(25)27/h5-18,25-27H,1-4H3,(H,33,37)/t25-,26-,27+,32+/m0/s1. The maximum absolute atomic E-state index is 14.7. The third kappa shape index (κ3) is 3.22. The smallest absolute Gasteiger partial charge is 0.238 e. The molecule has 0 bridgehead atoms. The van der Waals surface area contributed by atoms with Gasteiger partial charge >= 0.3 is 0 Å². The van der Waals surface area contributed by atoms with E-state index in [0.29, 0.717) is 17.0 Å². The van der Waals surface area contributed by atoms with Gasteiger partial charge in [-0.25, -0.2) is 0 Å². The number of ether oxygens (including phenoxy) is 1. The Hall–Kier alpha value is -4.19. The van der Waals surface area contributed by atoms with Crippen molar-refractivity contribution < 1.29 is 19.1 Å². The molecule has 6 heteroatoms. The third-order valence-corrected chi connectivity index (χ3v) is 8.19. The lowest BCUT2D eigenvalue weighted by atomic mass is 9.63. The average Bonchev–Trinajstić information content (AvgIpc) is 3.40. The molecule has 192 valence electrons. The van der Waals surface area contributed by atoms with Crippen LogP contribution < -0.4 is 15.0 Å². The summed E-state index contributed by atoms with van der Waals surface area (Å²) in [6, 6.07) is 20.9. The Morgan fingerprint density at radius 3 is 2.47 bits per heavy atom. The number of ketones is 2. The number of benzene rings is 3. The molecule has 0 saturated carbocycles. The summed E-state index contributed by atoms with van der Waals surface area (Å²) in [4.78, 5) is 45.4. The fraction of sp³-hybridized carbons (Fsp3) is 0.281. The van der Waals surface area contributed by atoms with Crippen LogP contribution in [0.4, 0.5) is 11.4 Å². The van der Waals surface area contributed by atoms with Gasteiger partial charge in [0.05, 0.1) is 19.1 Å². The lowest BCUT2D eigenvalue weighted by Crippen LogP contribution is -2.51. The van der Waals surface area contributed by atoms with E-state index in [0.717, 1.165) is 16.8 Å². The second kappa shape index (κ2) is 8.42. The summed E-state index contributed by atoms with van der Waals surface area (Å²) in [5, 5.41) is 3.06. The van der Waals surface area contributed by atoms with Crippen LogP contribution in [0.3, 0.4) is 0 Å². The van der Waals surface area contributed by atoms with Crippen molar-refractivity contribution in [1.29, 1.82) is 0 Å². The topological polar surface area (TPSA) is 75.7 Å². The molecule has 38 heavy (non-hydrogen) atoms. The summed E-state index contributed by atoms with van der Waals surface area (Å²) in [5.74, 6) is -1.02. The van der Waals surface area contributed by atoms with E-state index in [-0.39, 0.29) is 17.5 Å². The van der Waals surface area contributed by atoms with Gasteiger partial charge in [-0.15, -0.1) is 0 Å². The lowest BCUT2D eigenvalue weighted by molar-refractivity contribution is -0.128. The summed E-state index contributed by atoms with van der Waals surface area (Å²) < 4.78 is 5.41. The number of nitrogens with one attached hydrogen (secondary N) is 1. The molecule has 0 aromatic heterocycles. The zero-order valence-electron chi connectivity index (χ0n) is 21.9. The first-order valence-corrected chi connectivity index (χ1v) is 12.9. The van der Waals surface area contributed by atoms with Crippen molar-refractivity contribution in [3.05, 3.63) is 95.6 Å². The largest absolute Gasteiger partial charge is 0.497 e. The van der Waals surface area contributed by atoms with Gasteiger partial charge in [-0.1, -0.05) is 81.5 Å². The van der Waals surface area contributed by atoms with Crippen molar-refractivity contribution in [2.75, 3.05) is 17.3 Å². The van der Waals surface area contributed by atoms with Crippen LogP contribution in [0.2, 0.25) is 0 Å². The number of nitrogens with zero attached hydrogens (tertiary/aromatic N) is 1. The van der Waals surface area contributed by atoms with E-state index in [1.54, 1.807) is 31.4 Å². The fourth-order valence-electron chi connectivity index (χ4n) is 6.52. The van der Waals surface area contributed by atoms with Gasteiger partial charge in [-0.3, -0.25) is 14.4 Å². The molecule has 3 aliphatic heterocycles. The van der Waals surface area contributed by atoms with Gasteiger partial charge in [0.15, 0.2) is 11.6 Å². The Morgan fingerprint density at radius 1 is 0.974 bits per heavy atom. The Morgan fingerprint density at radius 2 is 1.71 bits per heavy atom. The molecule has 1 fully saturated rings. The van der Waals surface area contributed by atoms with E-state index in [1.165, 1.54) is 0 Å². The normalized spacial score (nSPS) is 25.0. The molecule has 0 radical (unpaired) electrons. The number of amides is 1. The van der Waals surface area contributed by atoms with E-state index < -0.39 is 28.8 Å². The summed E-state index contributed by atoms with van der Waals surface area (Å²) in [7, 11) is 1.55. The van der Waals surface area contributed by atoms with Crippen molar-refractivity contribution in [3.63, 3.8) is 0 Å². The number of fused-ring (bicyclic) bond motifs is 6. The average molecular weight is 507 g/mol. The zero-order valence-corrected chi connectivity index (χ0v) is 21.9. The number of hydrogen-bond donors (Lipinski definition) is 1. The van der Waals surface area contributed by atoms with Crippen LogP contribution in [0, 0.1) is 11.3 Å². The molecule has 6 nitrogen and oxygen atoms in total. The molecule has 6 rings (SSSR count). The van der Waals surface area contributed by atoms with Crippen LogP contribution in [-0.2, 0) is 15.0 Å². The Balaban J connectivity index is 1.68. The molecule has 1 saturated heterocycles. The maximum Gasteiger partial charge on any atom is 0.238 e. The SMILES string of the molecule is COc1cccc(C(=O)[C@@H]2[C@H](C(=O)C(C)(C)C)N3c4ccccc4C=C[C@H]3[C@@]23C(=O)Nc2ccccc23)c1. The van der Waals surface area contributed by atoms with Crippen LogP contribution in [0.15, 0.2) is 78.9 Å². The van der Waals surface area contributed by atoms with Gasteiger partial charge in [0.1, 0.15) is 17.2 Å². The predicted molar refractivity (Wildman–Crippen MR) is 148 cm³/mol. The molecule has 3 aliphatic rings. The molecular weight excluding hydrogens is 476 g/mol. The van der Waals surface area contributed by atoms with E-state index in [9.17, 15) is 14.4 Å². The fourth-order valence-corrected chi connectivity index (χ4v) is 6.52. The molecule has 3 aromatic carbocycles. The summed E-state index contributed by atoms with van der Waals surface area (Å²) in [6.07, 6.45) is 4.00. The number of methoxy groups -OCH3 is 1. The van der Waals surface area contributed by atoms with Crippen LogP contribution in [-0.4, -0.2) is 36.7 Å². The second-order valence-electron chi connectivity index (χ2n) is 11.3. The highest BCUT2D eigenvalue weighted by Gasteiger charge is 2.70. The minimum Gasteiger partial charge on any atom is -0.497 e. The van der Waals surface area contributed by atoms with Gasteiger partial charge in [-0.05, 0) is 35.4 Å².